The summed E-state index contributed by atoms with van der Waals surface area (Å²) in [6.45, 7) is 4.01. The molecule has 1 heterocycles. The lowest BCUT2D eigenvalue weighted by Crippen LogP contribution is -2.24. The standard InChI is InChI=1S/C30H30ClNO6S/c1-20-12-14-23(15-13-20)39(35,36)32-16-8-4-7-11-29(33)37-28-19-27-24(18-26(28)31)21(2)25(30(34)38-27)17-22-9-5-3-6-10-22/h3,5-6,9-10,12-15,18-19,32H,4,7-8,11,16-17H2,1-2H3. The Hall–Kier alpha value is -3.46. The quantitative estimate of drug-likeness (QED) is 0.102. The molecular weight excluding hydrogens is 538 g/mol. The van der Waals surface area contributed by atoms with E-state index in [-0.39, 0.29) is 28.6 Å². The third-order valence-corrected chi connectivity index (χ3v) is 8.24. The van der Waals surface area contributed by atoms with E-state index in [4.69, 9.17) is 20.8 Å². The molecule has 0 unspecified atom stereocenters. The second-order valence-electron chi connectivity index (χ2n) is 9.43. The lowest BCUT2D eigenvalue weighted by Gasteiger charge is -2.11. The minimum Gasteiger partial charge on any atom is -0.425 e. The van der Waals surface area contributed by atoms with Crippen LogP contribution in [0.1, 0.15) is 47.9 Å². The predicted molar refractivity (Wildman–Crippen MR) is 152 cm³/mol. The third kappa shape index (κ3) is 7.35. The minimum absolute atomic E-state index is 0.124. The van der Waals surface area contributed by atoms with Gasteiger partial charge in [0.15, 0.2) is 5.75 Å². The van der Waals surface area contributed by atoms with Crippen molar-refractivity contribution in [3.05, 3.63) is 104 Å². The minimum atomic E-state index is -3.56. The molecule has 0 aliphatic carbocycles. The van der Waals surface area contributed by atoms with Gasteiger partial charge >= 0.3 is 11.6 Å². The Morgan fingerprint density at radius 3 is 2.41 bits per heavy atom. The van der Waals surface area contributed by atoms with Crippen molar-refractivity contribution in [1.82, 2.24) is 4.72 Å². The number of fused-ring (bicyclic) bond motifs is 1. The first kappa shape index (κ1) is 28.5. The zero-order chi connectivity index (χ0) is 28.0. The highest BCUT2D eigenvalue weighted by molar-refractivity contribution is 7.89. The number of esters is 1. The van der Waals surface area contributed by atoms with Crippen LogP contribution < -0.4 is 15.1 Å². The molecule has 0 fully saturated rings. The number of carbonyl (C=O) groups excluding carboxylic acids is 1. The Kier molecular flexibility index (Phi) is 9.22. The first-order valence-electron chi connectivity index (χ1n) is 12.7. The molecule has 4 aromatic rings. The lowest BCUT2D eigenvalue weighted by atomic mass is 9.99. The van der Waals surface area contributed by atoms with Crippen LogP contribution in [0.15, 0.2) is 80.8 Å². The number of aryl methyl sites for hydroxylation is 2. The second-order valence-corrected chi connectivity index (χ2v) is 11.6. The lowest BCUT2D eigenvalue weighted by molar-refractivity contribution is -0.134. The van der Waals surface area contributed by atoms with Gasteiger partial charge in [0.2, 0.25) is 10.0 Å². The summed E-state index contributed by atoms with van der Waals surface area (Å²) in [6.07, 6.45) is 2.30. The number of benzene rings is 3. The van der Waals surface area contributed by atoms with E-state index in [2.05, 4.69) is 4.72 Å². The molecule has 1 aromatic heterocycles. The van der Waals surface area contributed by atoms with Crippen molar-refractivity contribution >= 4 is 38.6 Å². The molecule has 4 rings (SSSR count). The van der Waals surface area contributed by atoms with Gasteiger partial charge in [-0.3, -0.25) is 4.79 Å². The van der Waals surface area contributed by atoms with Crippen molar-refractivity contribution in [2.24, 2.45) is 0 Å². The summed E-state index contributed by atoms with van der Waals surface area (Å²) in [5.41, 5.74) is 3.15. The molecule has 0 spiro atoms. The van der Waals surface area contributed by atoms with Crippen LogP contribution in [0.2, 0.25) is 5.02 Å². The maximum absolute atomic E-state index is 12.7. The van der Waals surface area contributed by atoms with E-state index < -0.39 is 21.6 Å². The second kappa shape index (κ2) is 12.6. The van der Waals surface area contributed by atoms with Crippen LogP contribution in [0.3, 0.4) is 0 Å². The molecule has 204 valence electrons. The molecule has 0 aliphatic rings. The van der Waals surface area contributed by atoms with E-state index in [1.165, 1.54) is 6.07 Å². The van der Waals surface area contributed by atoms with Gasteiger partial charge in [0.1, 0.15) is 5.58 Å². The Labute approximate surface area is 232 Å². The molecule has 0 radical (unpaired) electrons. The number of halogens is 1. The van der Waals surface area contributed by atoms with Crippen LogP contribution in [-0.2, 0) is 21.2 Å². The Morgan fingerprint density at radius 1 is 0.974 bits per heavy atom. The van der Waals surface area contributed by atoms with Crippen LogP contribution in [0.5, 0.6) is 5.75 Å². The molecule has 0 saturated heterocycles. The summed E-state index contributed by atoms with van der Waals surface area (Å²) in [4.78, 5) is 25.3. The maximum Gasteiger partial charge on any atom is 0.340 e. The number of ether oxygens (including phenoxy) is 1. The van der Waals surface area contributed by atoms with E-state index in [0.29, 0.717) is 42.2 Å². The Morgan fingerprint density at radius 2 is 1.69 bits per heavy atom. The number of hydrogen-bond acceptors (Lipinski definition) is 6. The number of sulfonamides is 1. The maximum atomic E-state index is 12.7. The van der Waals surface area contributed by atoms with Crippen molar-refractivity contribution in [3.63, 3.8) is 0 Å². The molecule has 3 aromatic carbocycles. The van der Waals surface area contributed by atoms with Crippen LogP contribution in [0, 0.1) is 13.8 Å². The summed E-state index contributed by atoms with van der Waals surface area (Å²) in [5.74, 6) is -0.352. The summed E-state index contributed by atoms with van der Waals surface area (Å²) in [7, 11) is -3.56. The molecular formula is C30H30ClNO6S. The monoisotopic (exact) mass is 567 g/mol. The van der Waals surface area contributed by atoms with Gasteiger partial charge in [-0.05, 0) is 56.0 Å². The van der Waals surface area contributed by atoms with Crippen molar-refractivity contribution in [2.75, 3.05) is 6.54 Å². The normalized spacial score (nSPS) is 11.6. The fourth-order valence-corrected chi connectivity index (χ4v) is 5.50. The fraction of sp³-hybridized carbons (Fsp3) is 0.267. The molecule has 9 heteroatoms. The predicted octanol–water partition coefficient (Wildman–Crippen LogP) is 6.10. The average molecular weight is 568 g/mol. The first-order valence-corrected chi connectivity index (χ1v) is 14.6. The molecule has 0 bridgehead atoms. The zero-order valence-corrected chi connectivity index (χ0v) is 23.4. The van der Waals surface area contributed by atoms with E-state index >= 15 is 0 Å². The number of rotatable bonds is 11. The van der Waals surface area contributed by atoms with E-state index in [0.717, 1.165) is 16.7 Å². The summed E-state index contributed by atoms with van der Waals surface area (Å²) < 4.78 is 38.2. The Bertz CT molecular complexity index is 1630. The molecule has 1 N–H and O–H groups in total. The zero-order valence-electron chi connectivity index (χ0n) is 21.8. The topological polar surface area (TPSA) is 103 Å². The highest BCUT2D eigenvalue weighted by Crippen LogP contribution is 2.32. The van der Waals surface area contributed by atoms with Crippen LogP contribution in [0.25, 0.3) is 11.0 Å². The molecule has 0 atom stereocenters. The molecule has 39 heavy (non-hydrogen) atoms. The van der Waals surface area contributed by atoms with Gasteiger partial charge in [-0.2, -0.15) is 0 Å². The van der Waals surface area contributed by atoms with Gasteiger partial charge in [0.25, 0.3) is 0 Å². The van der Waals surface area contributed by atoms with Crippen LogP contribution in [-0.4, -0.2) is 20.9 Å². The van der Waals surface area contributed by atoms with E-state index in [9.17, 15) is 18.0 Å². The van der Waals surface area contributed by atoms with Crippen molar-refractivity contribution in [1.29, 1.82) is 0 Å². The SMILES string of the molecule is Cc1ccc(S(=O)(=O)NCCCCCC(=O)Oc2cc3oc(=O)c(Cc4ccccc4)c(C)c3cc2Cl)cc1. The van der Waals surface area contributed by atoms with Crippen molar-refractivity contribution in [3.8, 4) is 5.75 Å². The summed E-state index contributed by atoms with van der Waals surface area (Å²) in [5, 5.41) is 0.919. The number of nitrogens with one attached hydrogen (secondary N) is 1. The van der Waals surface area contributed by atoms with Gasteiger partial charge < -0.3 is 9.15 Å². The van der Waals surface area contributed by atoms with Gasteiger partial charge in [-0.15, -0.1) is 0 Å². The molecule has 0 saturated carbocycles. The van der Waals surface area contributed by atoms with Gasteiger partial charge in [-0.1, -0.05) is 66.0 Å². The average Bonchev–Trinajstić information content (AvgIpc) is 2.90. The number of unbranched alkanes of at least 4 members (excludes halogenated alkanes) is 2. The van der Waals surface area contributed by atoms with Crippen molar-refractivity contribution < 1.29 is 22.4 Å². The summed E-state index contributed by atoms with van der Waals surface area (Å²) in [6, 6.07) is 19.4. The van der Waals surface area contributed by atoms with Crippen LogP contribution in [0.4, 0.5) is 0 Å². The highest BCUT2D eigenvalue weighted by atomic mass is 35.5. The van der Waals surface area contributed by atoms with Gasteiger partial charge in [-0.25, -0.2) is 17.9 Å². The number of carbonyl (C=O) groups is 1. The summed E-state index contributed by atoms with van der Waals surface area (Å²) >= 11 is 6.41. The van der Waals surface area contributed by atoms with Crippen molar-refractivity contribution in [2.45, 2.75) is 50.8 Å². The largest absolute Gasteiger partial charge is 0.425 e. The van der Waals surface area contributed by atoms with Crippen LogP contribution >= 0.6 is 11.6 Å². The number of hydrogen-bond donors (Lipinski definition) is 1. The fourth-order valence-electron chi connectivity index (χ4n) is 4.22. The first-order chi connectivity index (χ1) is 18.6. The molecule has 0 aliphatic heterocycles. The Balaban J connectivity index is 1.30. The van der Waals surface area contributed by atoms with Gasteiger partial charge in [0, 0.05) is 36.4 Å². The smallest absolute Gasteiger partial charge is 0.340 e. The molecule has 7 nitrogen and oxygen atoms in total. The van der Waals surface area contributed by atoms with E-state index in [1.807, 2.05) is 44.2 Å². The van der Waals surface area contributed by atoms with Gasteiger partial charge in [0.05, 0.1) is 9.92 Å². The molecule has 0 amide bonds. The highest BCUT2D eigenvalue weighted by Gasteiger charge is 2.17. The third-order valence-electron chi connectivity index (χ3n) is 6.47. The van der Waals surface area contributed by atoms with E-state index in [1.54, 1.807) is 30.3 Å².